The standard InChI is InChI=1S/C26H40FNO2/c1-24(2)25(3,22(27)20-21-16-13-14-18-28-21)29-19-15-11-9-7-5-6-8-10-12-17-23-26(24,4)30-23/h13-14,16,18,20,23H,5-12,15,17,19H2,1-4H3. The fraction of sp³-hybridized carbons (Fsp3) is 0.731. The Morgan fingerprint density at radius 1 is 0.967 bits per heavy atom. The SMILES string of the molecule is CC1(C(F)=Cc2ccccn2)OCCCCCCCCCCCC2OC2(C)C1(C)C. The monoisotopic (exact) mass is 417 g/mol. The van der Waals surface area contributed by atoms with E-state index >= 15 is 4.39 Å². The van der Waals surface area contributed by atoms with E-state index in [1.165, 1.54) is 51.0 Å². The van der Waals surface area contributed by atoms with E-state index in [-0.39, 0.29) is 11.9 Å². The van der Waals surface area contributed by atoms with Crippen molar-refractivity contribution < 1.29 is 13.9 Å². The fourth-order valence-corrected chi connectivity index (χ4v) is 4.84. The first kappa shape index (κ1) is 23.4. The molecule has 3 nitrogen and oxygen atoms in total. The third kappa shape index (κ3) is 4.96. The summed E-state index contributed by atoms with van der Waals surface area (Å²) in [5.41, 5.74) is -1.39. The Labute approximate surface area is 182 Å². The molecule has 0 spiro atoms. The fourth-order valence-electron chi connectivity index (χ4n) is 4.84. The van der Waals surface area contributed by atoms with Gasteiger partial charge in [0, 0.05) is 18.2 Å². The number of ether oxygens (including phenoxy) is 2. The van der Waals surface area contributed by atoms with Crippen LogP contribution in [0.5, 0.6) is 0 Å². The summed E-state index contributed by atoms with van der Waals surface area (Å²) in [4.78, 5) is 4.28. The first-order chi connectivity index (χ1) is 14.3. The number of nitrogens with zero attached hydrogens (tertiary/aromatic N) is 1. The number of fused-ring (bicyclic) bond motifs is 1. The first-order valence-electron chi connectivity index (χ1n) is 11.9. The summed E-state index contributed by atoms with van der Waals surface area (Å²) in [5, 5.41) is 0. The third-order valence-corrected chi connectivity index (χ3v) is 7.80. The van der Waals surface area contributed by atoms with Gasteiger partial charge < -0.3 is 9.47 Å². The molecular formula is C26H40FNO2. The van der Waals surface area contributed by atoms with Crippen molar-refractivity contribution in [2.45, 2.75) is 109 Å². The van der Waals surface area contributed by atoms with Crippen LogP contribution in [0.4, 0.5) is 4.39 Å². The molecule has 3 rings (SSSR count). The van der Waals surface area contributed by atoms with Crippen molar-refractivity contribution in [3.8, 4) is 0 Å². The predicted octanol–water partition coefficient (Wildman–Crippen LogP) is 7.27. The van der Waals surface area contributed by atoms with E-state index in [1.807, 2.05) is 25.1 Å². The van der Waals surface area contributed by atoms with Crippen LogP contribution in [0.3, 0.4) is 0 Å². The van der Waals surface area contributed by atoms with Crippen molar-refractivity contribution in [1.29, 1.82) is 0 Å². The van der Waals surface area contributed by atoms with Gasteiger partial charge in [0.2, 0.25) is 0 Å². The van der Waals surface area contributed by atoms with Gasteiger partial charge in [-0.1, -0.05) is 71.3 Å². The molecule has 3 atom stereocenters. The number of rotatable bonds is 2. The minimum atomic E-state index is -1.08. The number of hydrogen-bond acceptors (Lipinski definition) is 3. The van der Waals surface area contributed by atoms with Crippen molar-refractivity contribution in [1.82, 2.24) is 4.98 Å². The minimum absolute atomic E-state index is 0.172. The lowest BCUT2D eigenvalue weighted by molar-refractivity contribution is -0.123. The van der Waals surface area contributed by atoms with Crippen LogP contribution < -0.4 is 0 Å². The third-order valence-electron chi connectivity index (χ3n) is 7.80. The van der Waals surface area contributed by atoms with Gasteiger partial charge in [-0.25, -0.2) is 4.39 Å². The van der Waals surface area contributed by atoms with E-state index in [9.17, 15) is 0 Å². The lowest BCUT2D eigenvalue weighted by Gasteiger charge is -2.46. The number of halogens is 1. The maximum atomic E-state index is 15.8. The summed E-state index contributed by atoms with van der Waals surface area (Å²) in [6, 6.07) is 5.54. The summed E-state index contributed by atoms with van der Waals surface area (Å²) >= 11 is 0. The highest BCUT2D eigenvalue weighted by Crippen LogP contribution is 2.59. The van der Waals surface area contributed by atoms with E-state index < -0.39 is 16.6 Å². The van der Waals surface area contributed by atoms with Gasteiger partial charge in [0.1, 0.15) is 17.0 Å². The van der Waals surface area contributed by atoms with Gasteiger partial charge in [0.05, 0.1) is 11.8 Å². The van der Waals surface area contributed by atoms with Gasteiger partial charge in [0.15, 0.2) is 0 Å². The maximum absolute atomic E-state index is 15.8. The molecule has 3 heterocycles. The maximum Gasteiger partial charge on any atom is 0.134 e. The highest BCUT2D eigenvalue weighted by Gasteiger charge is 2.68. The molecule has 168 valence electrons. The first-order valence-corrected chi connectivity index (χ1v) is 11.9. The van der Waals surface area contributed by atoms with Crippen LogP contribution in [0, 0.1) is 5.41 Å². The highest BCUT2D eigenvalue weighted by molar-refractivity contribution is 5.50. The average molecular weight is 418 g/mol. The zero-order valence-electron chi connectivity index (χ0n) is 19.4. The second-order valence-corrected chi connectivity index (χ2v) is 9.94. The van der Waals surface area contributed by atoms with Crippen LogP contribution >= 0.6 is 0 Å². The van der Waals surface area contributed by atoms with Crippen LogP contribution in [-0.4, -0.2) is 28.9 Å². The Hall–Kier alpha value is -1.26. The molecule has 0 radical (unpaired) electrons. The Kier molecular flexibility index (Phi) is 7.73. The van der Waals surface area contributed by atoms with Crippen molar-refractivity contribution in [2.75, 3.05) is 6.61 Å². The zero-order chi connectivity index (χ0) is 21.7. The van der Waals surface area contributed by atoms with Crippen LogP contribution in [0.25, 0.3) is 6.08 Å². The van der Waals surface area contributed by atoms with Gasteiger partial charge in [-0.15, -0.1) is 0 Å². The Bertz CT molecular complexity index is 704. The van der Waals surface area contributed by atoms with Crippen LogP contribution in [0.1, 0.15) is 97.6 Å². The molecule has 2 fully saturated rings. The molecule has 4 heteroatoms. The van der Waals surface area contributed by atoms with E-state index in [2.05, 4.69) is 25.8 Å². The minimum Gasteiger partial charge on any atom is -0.367 e. The van der Waals surface area contributed by atoms with Gasteiger partial charge in [0.25, 0.3) is 0 Å². The summed E-state index contributed by atoms with van der Waals surface area (Å²) in [6.45, 7) is 8.79. The second-order valence-electron chi connectivity index (χ2n) is 9.94. The number of hydrogen-bond donors (Lipinski definition) is 0. The summed E-state index contributed by atoms with van der Waals surface area (Å²) in [6.07, 6.45) is 15.5. The molecule has 2 aliphatic rings. The van der Waals surface area contributed by atoms with E-state index in [4.69, 9.17) is 9.47 Å². The van der Waals surface area contributed by atoms with Gasteiger partial charge in [-0.3, -0.25) is 4.98 Å². The molecule has 0 amide bonds. The van der Waals surface area contributed by atoms with Crippen LogP contribution in [0.15, 0.2) is 30.2 Å². The molecule has 1 aromatic heterocycles. The smallest absolute Gasteiger partial charge is 0.134 e. The highest BCUT2D eigenvalue weighted by atomic mass is 19.1. The molecule has 0 saturated carbocycles. The summed E-state index contributed by atoms with van der Waals surface area (Å²) in [7, 11) is 0. The molecule has 3 unspecified atom stereocenters. The van der Waals surface area contributed by atoms with Crippen LogP contribution in [0.2, 0.25) is 0 Å². The molecule has 2 saturated heterocycles. The lowest BCUT2D eigenvalue weighted by atomic mass is 9.64. The van der Waals surface area contributed by atoms with Crippen molar-refractivity contribution in [3.63, 3.8) is 0 Å². The normalized spacial score (nSPS) is 34.2. The number of epoxide rings is 1. The molecule has 30 heavy (non-hydrogen) atoms. The van der Waals surface area contributed by atoms with Gasteiger partial charge in [-0.05, 0) is 44.9 Å². The molecule has 2 aliphatic heterocycles. The topological polar surface area (TPSA) is 34.6 Å². The number of pyridine rings is 1. The summed E-state index contributed by atoms with van der Waals surface area (Å²) in [5.74, 6) is -0.275. The quantitative estimate of drug-likeness (QED) is 0.475. The van der Waals surface area contributed by atoms with E-state index in [1.54, 1.807) is 6.20 Å². The van der Waals surface area contributed by atoms with Gasteiger partial charge >= 0.3 is 0 Å². The van der Waals surface area contributed by atoms with Crippen molar-refractivity contribution in [3.05, 3.63) is 35.9 Å². The molecule has 0 N–H and O–H groups in total. The van der Waals surface area contributed by atoms with Crippen molar-refractivity contribution in [2.24, 2.45) is 5.41 Å². The summed E-state index contributed by atoms with van der Waals surface area (Å²) < 4.78 is 28.5. The average Bonchev–Trinajstić information content (AvgIpc) is 3.40. The lowest BCUT2D eigenvalue weighted by Crippen LogP contribution is -2.53. The molecular weight excluding hydrogens is 377 g/mol. The Balaban J connectivity index is 1.85. The molecule has 0 aromatic carbocycles. The predicted molar refractivity (Wildman–Crippen MR) is 121 cm³/mol. The zero-order valence-corrected chi connectivity index (χ0v) is 19.4. The molecule has 1 aromatic rings. The number of aromatic nitrogens is 1. The molecule has 0 bridgehead atoms. The Morgan fingerprint density at radius 3 is 2.23 bits per heavy atom. The van der Waals surface area contributed by atoms with E-state index in [0.717, 1.165) is 19.3 Å². The van der Waals surface area contributed by atoms with Crippen LogP contribution in [-0.2, 0) is 9.47 Å². The van der Waals surface area contributed by atoms with E-state index in [0.29, 0.717) is 12.3 Å². The van der Waals surface area contributed by atoms with Crippen molar-refractivity contribution >= 4 is 6.08 Å². The molecule has 0 aliphatic carbocycles. The largest absolute Gasteiger partial charge is 0.367 e. The Morgan fingerprint density at radius 2 is 1.60 bits per heavy atom. The van der Waals surface area contributed by atoms with Gasteiger partial charge in [-0.2, -0.15) is 0 Å². The second kappa shape index (κ2) is 9.91.